The summed E-state index contributed by atoms with van der Waals surface area (Å²) in [4.78, 5) is 12.4. The van der Waals surface area contributed by atoms with Crippen LogP contribution in [-0.2, 0) is 4.79 Å². The number of thioether (sulfide) groups is 1. The lowest BCUT2D eigenvalue weighted by Crippen LogP contribution is -2.41. The molecule has 10 heteroatoms. The maximum absolute atomic E-state index is 12.4. The van der Waals surface area contributed by atoms with Gasteiger partial charge in [-0.15, -0.1) is 10.2 Å². The first kappa shape index (κ1) is 20.9. The molecule has 1 aromatic carbocycles. The second-order valence-electron chi connectivity index (χ2n) is 8.06. The summed E-state index contributed by atoms with van der Waals surface area (Å²) in [5.74, 6) is 8.82. The van der Waals surface area contributed by atoms with Crippen LogP contribution in [0.4, 0.5) is 8.78 Å². The largest absolute Gasteiger partial charge is 0.435 e. The summed E-state index contributed by atoms with van der Waals surface area (Å²) in [5, 5.41) is 11.6. The van der Waals surface area contributed by atoms with Crippen molar-refractivity contribution in [2.75, 3.05) is 11.6 Å². The third-order valence-corrected chi connectivity index (χ3v) is 7.10. The van der Waals surface area contributed by atoms with Gasteiger partial charge in [-0.25, -0.2) is 4.68 Å². The van der Waals surface area contributed by atoms with Crippen molar-refractivity contribution < 1.29 is 18.3 Å². The van der Waals surface area contributed by atoms with Crippen LogP contribution in [0.1, 0.15) is 32.6 Å². The number of nitrogens with one attached hydrogen (secondary N) is 1. The lowest BCUT2D eigenvalue weighted by atomic mass is 9.84. The molecule has 2 aliphatic carbocycles. The summed E-state index contributed by atoms with van der Waals surface area (Å²) in [5.41, 5.74) is 0.604. The van der Waals surface area contributed by atoms with E-state index in [2.05, 4.69) is 27.2 Å². The van der Waals surface area contributed by atoms with Gasteiger partial charge in [-0.1, -0.05) is 18.2 Å². The Morgan fingerprint density at radius 2 is 2.07 bits per heavy atom. The Morgan fingerprint density at radius 1 is 1.30 bits per heavy atom. The number of halogens is 2. The van der Waals surface area contributed by atoms with Crippen LogP contribution in [0.25, 0.3) is 11.4 Å². The summed E-state index contributed by atoms with van der Waals surface area (Å²) in [6.07, 6.45) is 5.17. The monoisotopic (exact) mass is 437 g/mol. The molecule has 0 saturated heterocycles. The van der Waals surface area contributed by atoms with E-state index in [4.69, 9.17) is 5.84 Å². The van der Waals surface area contributed by atoms with E-state index in [9.17, 15) is 13.6 Å². The van der Waals surface area contributed by atoms with Crippen LogP contribution in [0.2, 0.25) is 0 Å². The Balaban J connectivity index is 1.31. The molecule has 1 aromatic heterocycles. The fourth-order valence-electron chi connectivity index (χ4n) is 4.80. The molecule has 2 aliphatic rings. The van der Waals surface area contributed by atoms with Crippen molar-refractivity contribution in [3.63, 3.8) is 0 Å². The lowest BCUT2D eigenvalue weighted by Gasteiger charge is -2.28. The summed E-state index contributed by atoms with van der Waals surface area (Å²) in [7, 11) is 0. The zero-order chi connectivity index (χ0) is 21.3. The van der Waals surface area contributed by atoms with Crippen molar-refractivity contribution in [1.82, 2.24) is 20.2 Å². The van der Waals surface area contributed by atoms with E-state index in [1.54, 1.807) is 12.1 Å². The van der Waals surface area contributed by atoms with Crippen LogP contribution < -0.4 is 15.9 Å². The molecule has 162 valence electrons. The summed E-state index contributed by atoms with van der Waals surface area (Å²) in [6, 6.07) is 6.14. The number of hydrogen-bond acceptors (Lipinski definition) is 6. The molecule has 4 rings (SSSR count). The number of carbonyl (C=O) groups excluding carboxylic acids is 1. The number of rotatable bonds is 8. The quantitative estimate of drug-likeness (QED) is 0.486. The molecular formula is C20H25F2N5O2S. The maximum atomic E-state index is 12.4. The van der Waals surface area contributed by atoms with Crippen LogP contribution in [-0.4, -0.2) is 39.2 Å². The van der Waals surface area contributed by atoms with Crippen molar-refractivity contribution in [3.05, 3.63) is 24.3 Å². The molecule has 3 N–H and O–H groups in total. The topological polar surface area (TPSA) is 95.1 Å². The van der Waals surface area contributed by atoms with Crippen LogP contribution in [0.5, 0.6) is 5.75 Å². The zero-order valence-electron chi connectivity index (χ0n) is 16.6. The van der Waals surface area contributed by atoms with E-state index < -0.39 is 6.61 Å². The highest BCUT2D eigenvalue weighted by Gasteiger charge is 2.42. The number of ether oxygens (including phenoxy) is 1. The van der Waals surface area contributed by atoms with Crippen LogP contribution in [0, 0.1) is 17.8 Å². The molecule has 4 atom stereocenters. The van der Waals surface area contributed by atoms with Gasteiger partial charge in [0.25, 0.3) is 0 Å². The van der Waals surface area contributed by atoms with E-state index in [0.29, 0.717) is 22.5 Å². The predicted octanol–water partition coefficient (Wildman–Crippen LogP) is 3.29. The van der Waals surface area contributed by atoms with E-state index in [1.807, 2.05) is 0 Å². The summed E-state index contributed by atoms with van der Waals surface area (Å²) >= 11 is 1.21. The van der Waals surface area contributed by atoms with Gasteiger partial charge < -0.3 is 15.9 Å². The second kappa shape index (κ2) is 8.79. The highest BCUT2D eigenvalue weighted by molar-refractivity contribution is 7.99. The van der Waals surface area contributed by atoms with Gasteiger partial charge in [-0.05, 0) is 68.2 Å². The number of fused-ring (bicyclic) bond motifs is 2. The number of aromatic nitrogens is 3. The fraction of sp³-hybridized carbons (Fsp3) is 0.550. The molecule has 2 aromatic rings. The van der Waals surface area contributed by atoms with Gasteiger partial charge in [-0.3, -0.25) is 4.79 Å². The molecule has 0 aliphatic heterocycles. The van der Waals surface area contributed by atoms with Crippen molar-refractivity contribution in [3.8, 4) is 17.1 Å². The Bertz CT molecular complexity index is 892. The van der Waals surface area contributed by atoms with Gasteiger partial charge in [-0.2, -0.15) is 8.78 Å². The van der Waals surface area contributed by atoms with Crippen LogP contribution in [0.3, 0.4) is 0 Å². The van der Waals surface area contributed by atoms with Gasteiger partial charge in [0.2, 0.25) is 11.1 Å². The van der Waals surface area contributed by atoms with E-state index in [0.717, 1.165) is 11.8 Å². The summed E-state index contributed by atoms with van der Waals surface area (Å²) in [6.45, 7) is -0.784. The third kappa shape index (κ3) is 4.53. The second-order valence-corrected chi connectivity index (χ2v) is 9.01. The predicted molar refractivity (Wildman–Crippen MR) is 110 cm³/mol. The standard InChI is InChI=1S/C20H25F2N5O2S/c1-11(16-9-12-2-3-14(16)8-12)24-17(28)10-30-20-26-25-18(27(20)23)13-4-6-15(7-5-13)29-19(21)22/h4-7,11-12,14,16,19H,2-3,8-10,23H2,1H3,(H,24,28). The lowest BCUT2D eigenvalue weighted by molar-refractivity contribution is -0.119. The Kier molecular flexibility index (Phi) is 6.12. The smallest absolute Gasteiger partial charge is 0.387 e. The minimum absolute atomic E-state index is 0.0478. The first-order chi connectivity index (χ1) is 14.4. The van der Waals surface area contributed by atoms with Gasteiger partial charge in [0.05, 0.1) is 5.75 Å². The minimum atomic E-state index is -2.88. The normalized spacial score (nSPS) is 23.7. The van der Waals surface area contributed by atoms with Crippen LogP contribution in [0.15, 0.2) is 29.4 Å². The number of nitrogen functional groups attached to an aromatic ring is 1. The first-order valence-corrected chi connectivity index (χ1v) is 11.1. The van der Waals surface area contributed by atoms with Gasteiger partial charge >= 0.3 is 6.61 Å². The van der Waals surface area contributed by atoms with Crippen molar-refractivity contribution in [2.24, 2.45) is 17.8 Å². The molecule has 7 nitrogen and oxygen atoms in total. The molecule has 0 radical (unpaired) electrons. The van der Waals surface area contributed by atoms with Crippen molar-refractivity contribution in [2.45, 2.75) is 50.4 Å². The number of hydrogen-bond donors (Lipinski definition) is 2. The highest BCUT2D eigenvalue weighted by atomic mass is 32.2. The molecule has 2 saturated carbocycles. The number of amides is 1. The van der Waals surface area contributed by atoms with Crippen molar-refractivity contribution in [1.29, 1.82) is 0 Å². The Morgan fingerprint density at radius 3 is 2.70 bits per heavy atom. The number of benzene rings is 1. The fourth-order valence-corrected chi connectivity index (χ4v) is 5.46. The molecule has 2 bridgehead atoms. The number of carbonyl (C=O) groups is 1. The molecule has 4 unspecified atom stereocenters. The van der Waals surface area contributed by atoms with Crippen LogP contribution >= 0.6 is 11.8 Å². The third-order valence-electron chi connectivity index (χ3n) is 6.16. The molecule has 2 fully saturated rings. The first-order valence-electron chi connectivity index (χ1n) is 10.1. The van der Waals surface area contributed by atoms with Gasteiger partial charge in [0, 0.05) is 11.6 Å². The average molecular weight is 438 g/mol. The number of alkyl halides is 2. The summed E-state index contributed by atoms with van der Waals surface area (Å²) < 4.78 is 30.2. The van der Waals surface area contributed by atoms with E-state index in [-0.39, 0.29) is 23.5 Å². The Labute approximate surface area is 177 Å². The van der Waals surface area contributed by atoms with Gasteiger partial charge in [0.1, 0.15) is 5.75 Å². The zero-order valence-corrected chi connectivity index (χ0v) is 17.4. The molecular weight excluding hydrogens is 412 g/mol. The maximum Gasteiger partial charge on any atom is 0.387 e. The molecule has 0 spiro atoms. The number of nitrogens with zero attached hydrogens (tertiary/aromatic N) is 3. The Hall–Kier alpha value is -2.36. The molecule has 1 amide bonds. The van der Waals surface area contributed by atoms with Gasteiger partial charge in [0.15, 0.2) is 5.82 Å². The average Bonchev–Trinajstić information content (AvgIpc) is 3.43. The van der Waals surface area contributed by atoms with E-state index >= 15 is 0 Å². The van der Waals surface area contributed by atoms with Crippen molar-refractivity contribution >= 4 is 17.7 Å². The SMILES string of the molecule is CC(NC(=O)CSc1nnc(-c2ccc(OC(F)F)cc2)n1N)C1CC2CCC1C2. The molecule has 1 heterocycles. The highest BCUT2D eigenvalue weighted by Crippen LogP contribution is 2.49. The molecule has 30 heavy (non-hydrogen) atoms. The minimum Gasteiger partial charge on any atom is -0.435 e. The number of nitrogens with two attached hydrogens (primary N) is 1. The van der Waals surface area contributed by atoms with E-state index in [1.165, 1.54) is 54.3 Å².